The summed E-state index contributed by atoms with van der Waals surface area (Å²) in [6, 6.07) is 11.5. The van der Waals surface area contributed by atoms with Crippen molar-refractivity contribution in [1.29, 1.82) is 0 Å². The van der Waals surface area contributed by atoms with Crippen molar-refractivity contribution in [3.05, 3.63) is 84.2 Å². The number of nitrogens with zero attached hydrogens (tertiary/aromatic N) is 3. The maximum absolute atomic E-state index is 13.0. The van der Waals surface area contributed by atoms with Gasteiger partial charge in [-0.25, -0.2) is 9.97 Å². The average molecular weight is 419 g/mol. The monoisotopic (exact) mass is 419 g/mol. The summed E-state index contributed by atoms with van der Waals surface area (Å²) < 4.78 is 7.14. The molecule has 1 aromatic carbocycles. The standard InChI is InChI=1S/C23H22N4O4/c1-31-17-7-4-6-16(14-17)21(28)19-20(18-8-2-3-9-25-18)27(23(30)22(19)29)12-5-11-26-13-10-24-15-26/h2-4,6-10,13-15,20,28H,5,11-12H2,1H3/p+1. The lowest BCUT2D eigenvalue weighted by molar-refractivity contribution is -0.394. The van der Waals surface area contributed by atoms with E-state index in [2.05, 4.69) is 9.97 Å². The number of hydrogen-bond donors (Lipinski definition) is 1. The van der Waals surface area contributed by atoms with Crippen molar-refractivity contribution in [2.45, 2.75) is 19.0 Å². The number of hydrogen-bond acceptors (Lipinski definition) is 5. The van der Waals surface area contributed by atoms with Gasteiger partial charge >= 0.3 is 0 Å². The Bertz CT molecular complexity index is 1110. The number of likely N-dealkylation sites (tertiary alicyclic amines) is 1. The molecule has 31 heavy (non-hydrogen) atoms. The van der Waals surface area contributed by atoms with Gasteiger partial charge in [-0.15, -0.1) is 0 Å². The number of H-pyrrole nitrogens is 1. The molecule has 1 unspecified atom stereocenters. The molecule has 0 spiro atoms. The van der Waals surface area contributed by atoms with E-state index in [-0.39, 0.29) is 11.3 Å². The van der Waals surface area contributed by atoms with Crippen molar-refractivity contribution in [1.82, 2.24) is 14.5 Å². The Labute approximate surface area is 179 Å². The van der Waals surface area contributed by atoms with Crippen LogP contribution in [-0.2, 0) is 16.1 Å². The minimum Gasteiger partial charge on any atom is -0.507 e. The molecule has 0 bridgehead atoms. The van der Waals surface area contributed by atoms with E-state index in [0.29, 0.717) is 36.5 Å². The SMILES string of the molecule is COc1cccc(C(O)=C2C(=O)C(=O)N(CCCn3ccnc3)C2c2cccc[nH+]2)c1. The van der Waals surface area contributed by atoms with Crippen LogP contribution in [0, 0.1) is 0 Å². The second kappa shape index (κ2) is 8.83. The van der Waals surface area contributed by atoms with Crippen LogP contribution >= 0.6 is 0 Å². The van der Waals surface area contributed by atoms with Gasteiger partial charge in [0.2, 0.25) is 5.69 Å². The number of ether oxygens (including phenoxy) is 1. The lowest BCUT2D eigenvalue weighted by Gasteiger charge is -2.22. The number of aromatic nitrogens is 3. The Morgan fingerprint density at radius 3 is 2.77 bits per heavy atom. The van der Waals surface area contributed by atoms with Crippen molar-refractivity contribution in [3.63, 3.8) is 0 Å². The van der Waals surface area contributed by atoms with Crippen molar-refractivity contribution in [2.75, 3.05) is 13.7 Å². The first-order valence-corrected chi connectivity index (χ1v) is 9.95. The predicted molar refractivity (Wildman–Crippen MR) is 112 cm³/mol. The second-order valence-corrected chi connectivity index (χ2v) is 7.20. The Kier molecular flexibility index (Phi) is 5.79. The molecule has 1 saturated heterocycles. The lowest BCUT2D eigenvalue weighted by atomic mass is 9.98. The zero-order chi connectivity index (χ0) is 21.8. The van der Waals surface area contributed by atoms with Gasteiger partial charge in [-0.05, 0) is 18.6 Å². The minimum atomic E-state index is -0.713. The average Bonchev–Trinajstić information content (AvgIpc) is 3.41. The van der Waals surface area contributed by atoms with Gasteiger partial charge < -0.3 is 19.3 Å². The van der Waals surface area contributed by atoms with E-state index in [1.54, 1.807) is 49.1 Å². The van der Waals surface area contributed by atoms with Crippen molar-refractivity contribution >= 4 is 17.4 Å². The number of Topliss-reactive ketones (excluding diaryl/α,β-unsaturated/α-hetero) is 1. The highest BCUT2D eigenvalue weighted by Crippen LogP contribution is 2.38. The fourth-order valence-corrected chi connectivity index (χ4v) is 3.78. The number of carbonyl (C=O) groups excluding carboxylic acids is 2. The van der Waals surface area contributed by atoms with E-state index in [1.165, 1.54) is 12.0 Å². The highest BCUT2D eigenvalue weighted by Gasteiger charge is 2.48. The molecule has 0 saturated carbocycles. The van der Waals surface area contributed by atoms with Gasteiger partial charge in [0.05, 0.1) is 19.0 Å². The van der Waals surface area contributed by atoms with E-state index < -0.39 is 17.7 Å². The third-order valence-electron chi connectivity index (χ3n) is 5.29. The van der Waals surface area contributed by atoms with Crippen LogP contribution in [-0.4, -0.2) is 44.9 Å². The summed E-state index contributed by atoms with van der Waals surface area (Å²) in [5.74, 6) is -1.01. The van der Waals surface area contributed by atoms with E-state index in [4.69, 9.17) is 4.74 Å². The quantitative estimate of drug-likeness (QED) is 0.360. The molecule has 1 atom stereocenters. The smallest absolute Gasteiger partial charge is 0.295 e. The molecule has 2 N–H and O–H groups in total. The normalized spacial score (nSPS) is 17.8. The largest absolute Gasteiger partial charge is 0.507 e. The van der Waals surface area contributed by atoms with Crippen LogP contribution < -0.4 is 9.72 Å². The number of methoxy groups -OCH3 is 1. The van der Waals surface area contributed by atoms with Gasteiger partial charge in [0.15, 0.2) is 6.20 Å². The Morgan fingerprint density at radius 1 is 1.19 bits per heavy atom. The van der Waals surface area contributed by atoms with Gasteiger partial charge in [0.25, 0.3) is 11.7 Å². The minimum absolute atomic E-state index is 0.0586. The van der Waals surface area contributed by atoms with Crippen LogP contribution in [0.5, 0.6) is 5.75 Å². The summed E-state index contributed by atoms with van der Waals surface area (Å²) in [5, 5.41) is 11.1. The molecule has 4 rings (SSSR count). The van der Waals surface area contributed by atoms with Crippen LogP contribution in [0.2, 0.25) is 0 Å². The maximum Gasteiger partial charge on any atom is 0.295 e. The third kappa shape index (κ3) is 4.05. The zero-order valence-electron chi connectivity index (χ0n) is 17.1. The molecule has 0 radical (unpaired) electrons. The molecular weight excluding hydrogens is 396 g/mol. The van der Waals surface area contributed by atoms with Crippen LogP contribution in [0.25, 0.3) is 5.76 Å². The number of aryl methyl sites for hydroxylation is 1. The number of aliphatic hydroxyl groups is 1. The Balaban J connectivity index is 1.72. The predicted octanol–water partition coefficient (Wildman–Crippen LogP) is 2.22. The van der Waals surface area contributed by atoms with Gasteiger partial charge in [-0.3, -0.25) is 9.59 Å². The molecule has 1 amide bonds. The summed E-state index contributed by atoms with van der Waals surface area (Å²) >= 11 is 0. The molecule has 8 nitrogen and oxygen atoms in total. The molecule has 1 aliphatic heterocycles. The number of pyridine rings is 1. The number of rotatable bonds is 7. The highest BCUT2D eigenvalue weighted by atomic mass is 16.5. The summed E-state index contributed by atoms with van der Waals surface area (Å²) in [6.45, 7) is 1.01. The van der Waals surface area contributed by atoms with Crippen LogP contribution in [0.3, 0.4) is 0 Å². The van der Waals surface area contributed by atoms with Gasteiger partial charge in [-0.1, -0.05) is 18.2 Å². The summed E-state index contributed by atoms with van der Waals surface area (Å²) in [7, 11) is 1.53. The lowest BCUT2D eigenvalue weighted by Crippen LogP contribution is -2.33. The number of ketones is 1. The molecule has 1 fully saturated rings. The molecular formula is C23H23N4O4+. The summed E-state index contributed by atoms with van der Waals surface area (Å²) in [4.78, 5) is 34.6. The molecule has 3 aromatic rings. The Hall–Kier alpha value is -3.94. The van der Waals surface area contributed by atoms with Gasteiger partial charge in [-0.2, -0.15) is 0 Å². The molecule has 0 aliphatic carbocycles. The van der Waals surface area contributed by atoms with E-state index in [1.807, 2.05) is 22.9 Å². The van der Waals surface area contributed by atoms with E-state index >= 15 is 0 Å². The number of amides is 1. The summed E-state index contributed by atoms with van der Waals surface area (Å²) in [5.41, 5.74) is 1.12. The maximum atomic E-state index is 13.0. The fraction of sp³-hybridized carbons (Fsp3) is 0.217. The molecule has 158 valence electrons. The number of aliphatic hydroxyl groups excluding tert-OH is 1. The number of aromatic amines is 1. The van der Waals surface area contributed by atoms with Crippen LogP contribution in [0.1, 0.15) is 23.7 Å². The third-order valence-corrected chi connectivity index (χ3v) is 5.29. The van der Waals surface area contributed by atoms with Crippen LogP contribution in [0.15, 0.2) is 73.0 Å². The van der Waals surface area contributed by atoms with Crippen molar-refractivity contribution < 1.29 is 24.4 Å². The summed E-state index contributed by atoms with van der Waals surface area (Å²) in [6.07, 6.45) is 7.61. The molecule has 8 heteroatoms. The number of imidazole rings is 1. The van der Waals surface area contributed by atoms with Crippen molar-refractivity contribution in [2.24, 2.45) is 0 Å². The second-order valence-electron chi connectivity index (χ2n) is 7.20. The Morgan fingerprint density at radius 2 is 2.06 bits per heavy atom. The molecule has 2 aromatic heterocycles. The molecule has 3 heterocycles. The number of benzene rings is 1. The van der Waals surface area contributed by atoms with Crippen LogP contribution in [0.4, 0.5) is 0 Å². The van der Waals surface area contributed by atoms with Gasteiger partial charge in [0.1, 0.15) is 17.6 Å². The molecule has 1 aliphatic rings. The highest BCUT2D eigenvalue weighted by molar-refractivity contribution is 6.46. The first-order chi connectivity index (χ1) is 15.1. The zero-order valence-corrected chi connectivity index (χ0v) is 17.1. The van der Waals surface area contributed by atoms with Crippen molar-refractivity contribution in [3.8, 4) is 5.75 Å². The first-order valence-electron chi connectivity index (χ1n) is 9.95. The van der Waals surface area contributed by atoms with E-state index in [0.717, 1.165) is 0 Å². The first kappa shape index (κ1) is 20.3. The number of carbonyl (C=O) groups is 2. The van der Waals surface area contributed by atoms with E-state index in [9.17, 15) is 14.7 Å². The number of nitrogens with one attached hydrogen (secondary N) is 1. The fourth-order valence-electron chi connectivity index (χ4n) is 3.78. The topological polar surface area (TPSA) is 98.8 Å². The van der Waals surface area contributed by atoms with Gasteiger partial charge in [0, 0.05) is 43.2 Å².